The molecule has 0 unspecified atom stereocenters. The summed E-state index contributed by atoms with van der Waals surface area (Å²) >= 11 is 1.52. The Balaban J connectivity index is 1.28. The zero-order valence-corrected chi connectivity index (χ0v) is 20.1. The van der Waals surface area contributed by atoms with Crippen molar-refractivity contribution < 1.29 is 5.21 Å². The molecule has 3 aromatic heterocycles. The fraction of sp³-hybridized carbons (Fsp3) is 0.280. The van der Waals surface area contributed by atoms with Crippen LogP contribution >= 0.6 is 11.3 Å². The molecule has 2 N–H and O–H groups in total. The van der Waals surface area contributed by atoms with Crippen LogP contribution in [-0.4, -0.2) is 50.9 Å². The van der Waals surface area contributed by atoms with Crippen LogP contribution in [0.15, 0.2) is 59.9 Å². The molecule has 9 heteroatoms. The van der Waals surface area contributed by atoms with Gasteiger partial charge in [-0.15, -0.1) is 0 Å². The normalized spacial score (nSPS) is 14.4. The lowest BCUT2D eigenvalue weighted by Gasteiger charge is -2.26. The van der Waals surface area contributed by atoms with Crippen molar-refractivity contribution in [3.8, 4) is 0 Å². The molecule has 0 spiro atoms. The van der Waals surface area contributed by atoms with Crippen molar-refractivity contribution in [3.05, 3.63) is 65.9 Å². The van der Waals surface area contributed by atoms with Crippen LogP contribution < -0.4 is 10.2 Å². The van der Waals surface area contributed by atoms with Crippen LogP contribution in [0.5, 0.6) is 0 Å². The smallest absolute Gasteiger partial charge is 0.190 e. The Morgan fingerprint density at radius 1 is 1.09 bits per heavy atom. The van der Waals surface area contributed by atoms with Crippen molar-refractivity contribution in [1.82, 2.24) is 19.9 Å². The number of benzene rings is 1. The summed E-state index contributed by atoms with van der Waals surface area (Å²) in [7, 11) is 2.02. The van der Waals surface area contributed by atoms with Gasteiger partial charge in [0, 0.05) is 51.4 Å². The second kappa shape index (κ2) is 9.74. The van der Waals surface area contributed by atoms with Gasteiger partial charge >= 0.3 is 0 Å². The first-order valence-corrected chi connectivity index (χ1v) is 12.1. The summed E-state index contributed by atoms with van der Waals surface area (Å²) in [4.78, 5) is 19.3. The van der Waals surface area contributed by atoms with E-state index in [1.165, 1.54) is 22.5 Å². The summed E-state index contributed by atoms with van der Waals surface area (Å²) in [5.74, 6) is 1.64. The van der Waals surface area contributed by atoms with Crippen LogP contribution in [0.4, 0.5) is 22.5 Å². The molecule has 4 aromatic rings. The molecule has 0 saturated carbocycles. The highest BCUT2D eigenvalue weighted by atomic mass is 32.1. The van der Waals surface area contributed by atoms with E-state index in [0.29, 0.717) is 0 Å². The van der Waals surface area contributed by atoms with Crippen LogP contribution in [0.25, 0.3) is 10.3 Å². The lowest BCUT2D eigenvalue weighted by Crippen LogP contribution is -2.33. The van der Waals surface area contributed by atoms with E-state index in [2.05, 4.69) is 62.5 Å². The van der Waals surface area contributed by atoms with E-state index >= 15 is 0 Å². The molecule has 1 aromatic carbocycles. The van der Waals surface area contributed by atoms with E-state index in [-0.39, 0.29) is 0 Å². The standard InChI is InChI=1S/C25H27N7OS/c1-17-3-5-20(6-4-17)31(2)23-8-7-21-24(29-23)34-25(27-21)28-22-15-18(9-12-26-22)16-32-13-10-19(30-33)11-14-32/h3-9,12,15,33H,10-11,13-14,16H2,1-2H3,(H,26,27,28). The third-order valence-corrected chi connectivity index (χ3v) is 6.93. The molecule has 1 aliphatic heterocycles. The maximum Gasteiger partial charge on any atom is 0.190 e. The van der Waals surface area contributed by atoms with Gasteiger partial charge in [-0.05, 0) is 48.9 Å². The average Bonchev–Trinajstić information content (AvgIpc) is 3.26. The number of thiazole rings is 1. The van der Waals surface area contributed by atoms with E-state index in [9.17, 15) is 0 Å². The van der Waals surface area contributed by atoms with Crippen molar-refractivity contribution in [3.63, 3.8) is 0 Å². The van der Waals surface area contributed by atoms with Gasteiger partial charge < -0.3 is 15.4 Å². The Hall–Kier alpha value is -3.56. The largest absolute Gasteiger partial charge is 0.411 e. The lowest BCUT2D eigenvalue weighted by molar-refractivity contribution is 0.256. The number of oxime groups is 1. The minimum absolute atomic E-state index is 0.767. The van der Waals surface area contributed by atoms with E-state index < -0.39 is 0 Å². The number of aryl methyl sites for hydroxylation is 1. The van der Waals surface area contributed by atoms with Gasteiger partial charge in [0.15, 0.2) is 5.13 Å². The highest BCUT2D eigenvalue weighted by Gasteiger charge is 2.16. The number of hydrogen-bond acceptors (Lipinski definition) is 9. The first kappa shape index (κ1) is 22.2. The number of pyridine rings is 2. The van der Waals surface area contributed by atoms with E-state index in [1.54, 1.807) is 0 Å². The molecule has 34 heavy (non-hydrogen) atoms. The molecule has 0 bridgehead atoms. The molecule has 0 aliphatic carbocycles. The molecule has 0 amide bonds. The van der Waals surface area contributed by atoms with Crippen LogP contribution in [0.3, 0.4) is 0 Å². The number of rotatable bonds is 6. The van der Waals surface area contributed by atoms with Gasteiger partial charge in [0.1, 0.15) is 22.0 Å². The second-order valence-electron chi connectivity index (χ2n) is 8.52. The zero-order valence-electron chi connectivity index (χ0n) is 19.3. The number of nitrogens with zero attached hydrogens (tertiary/aromatic N) is 6. The number of nitrogens with one attached hydrogen (secondary N) is 1. The Labute approximate surface area is 202 Å². The third kappa shape index (κ3) is 5.00. The number of likely N-dealkylation sites (tertiary alicyclic amines) is 1. The summed E-state index contributed by atoms with van der Waals surface area (Å²) in [5, 5.41) is 16.4. The molecule has 1 fully saturated rings. The molecule has 4 heterocycles. The van der Waals surface area contributed by atoms with Crippen molar-refractivity contribution >= 4 is 49.9 Å². The quantitative estimate of drug-likeness (QED) is 0.289. The maximum absolute atomic E-state index is 8.94. The molecular formula is C25H27N7OS. The number of anilines is 4. The van der Waals surface area contributed by atoms with Crippen molar-refractivity contribution in [1.29, 1.82) is 0 Å². The van der Waals surface area contributed by atoms with Gasteiger partial charge in [0.25, 0.3) is 0 Å². The van der Waals surface area contributed by atoms with Crippen LogP contribution in [0.2, 0.25) is 0 Å². The van der Waals surface area contributed by atoms with Gasteiger partial charge in [0.05, 0.1) is 5.71 Å². The van der Waals surface area contributed by atoms with E-state index in [1.807, 2.05) is 31.4 Å². The Kier molecular flexibility index (Phi) is 6.37. The number of hydrogen-bond donors (Lipinski definition) is 2. The van der Waals surface area contributed by atoms with E-state index in [4.69, 9.17) is 15.2 Å². The van der Waals surface area contributed by atoms with Gasteiger partial charge in [0.2, 0.25) is 0 Å². The molecule has 174 valence electrons. The summed E-state index contributed by atoms with van der Waals surface area (Å²) in [6, 6.07) is 16.5. The molecule has 5 rings (SSSR count). The highest BCUT2D eigenvalue weighted by Crippen LogP contribution is 2.30. The summed E-state index contributed by atoms with van der Waals surface area (Å²) in [5.41, 5.74) is 5.25. The Bertz CT molecular complexity index is 1310. The van der Waals surface area contributed by atoms with Gasteiger partial charge in [-0.3, -0.25) is 4.90 Å². The molecule has 8 nitrogen and oxygen atoms in total. The molecule has 1 aliphatic rings. The minimum atomic E-state index is 0.767. The average molecular weight is 474 g/mol. The van der Waals surface area contributed by atoms with Crippen molar-refractivity contribution in [2.75, 3.05) is 30.4 Å². The van der Waals surface area contributed by atoms with Gasteiger partial charge in [-0.2, -0.15) is 0 Å². The summed E-state index contributed by atoms with van der Waals surface area (Å²) in [6.45, 7) is 4.72. The summed E-state index contributed by atoms with van der Waals surface area (Å²) < 4.78 is 0. The number of aromatic nitrogens is 3. The molecule has 0 radical (unpaired) electrons. The van der Waals surface area contributed by atoms with Gasteiger partial charge in [-0.25, -0.2) is 15.0 Å². The molecular weight excluding hydrogens is 446 g/mol. The molecule has 0 atom stereocenters. The monoisotopic (exact) mass is 473 g/mol. The number of piperidine rings is 1. The Morgan fingerprint density at radius 3 is 2.65 bits per heavy atom. The minimum Gasteiger partial charge on any atom is -0.411 e. The number of fused-ring (bicyclic) bond motifs is 1. The predicted octanol–water partition coefficient (Wildman–Crippen LogP) is 5.33. The predicted molar refractivity (Wildman–Crippen MR) is 138 cm³/mol. The van der Waals surface area contributed by atoms with E-state index in [0.717, 1.165) is 71.0 Å². The van der Waals surface area contributed by atoms with Crippen LogP contribution in [-0.2, 0) is 6.54 Å². The summed E-state index contributed by atoms with van der Waals surface area (Å²) in [6.07, 6.45) is 3.45. The third-order valence-electron chi connectivity index (χ3n) is 6.05. The first-order valence-electron chi connectivity index (χ1n) is 11.3. The lowest BCUT2D eigenvalue weighted by atomic mass is 10.1. The first-order chi connectivity index (χ1) is 16.6. The molecule has 1 saturated heterocycles. The fourth-order valence-electron chi connectivity index (χ4n) is 4.03. The zero-order chi connectivity index (χ0) is 23.5. The van der Waals surface area contributed by atoms with Crippen LogP contribution in [0.1, 0.15) is 24.0 Å². The second-order valence-corrected chi connectivity index (χ2v) is 9.50. The fourth-order valence-corrected chi connectivity index (χ4v) is 4.87. The van der Waals surface area contributed by atoms with Gasteiger partial charge in [-0.1, -0.05) is 34.2 Å². The SMILES string of the molecule is Cc1ccc(N(C)c2ccc3nc(Nc4cc(CN5CCC(=NO)CC5)ccn4)sc3n2)cc1. The highest BCUT2D eigenvalue weighted by molar-refractivity contribution is 7.21. The topological polar surface area (TPSA) is 89.8 Å². The van der Waals surface area contributed by atoms with Crippen molar-refractivity contribution in [2.45, 2.75) is 26.3 Å². The Morgan fingerprint density at radius 2 is 1.88 bits per heavy atom. The van der Waals surface area contributed by atoms with Crippen LogP contribution in [0, 0.1) is 6.92 Å². The van der Waals surface area contributed by atoms with Crippen molar-refractivity contribution in [2.24, 2.45) is 5.16 Å². The maximum atomic E-state index is 8.94.